The summed E-state index contributed by atoms with van der Waals surface area (Å²) in [5, 5.41) is 0. The molecule has 1 aromatic heterocycles. The van der Waals surface area contributed by atoms with Gasteiger partial charge in [0.25, 0.3) is 0 Å². The Morgan fingerprint density at radius 3 is 2.50 bits per heavy atom. The average Bonchev–Trinajstić information content (AvgIpc) is 2.99. The Kier molecular flexibility index (Phi) is 5.61. The van der Waals surface area contributed by atoms with Crippen molar-refractivity contribution in [1.82, 2.24) is 4.57 Å². The molecule has 3 rings (SSSR count). The third-order valence-corrected chi connectivity index (χ3v) is 5.83. The summed E-state index contributed by atoms with van der Waals surface area (Å²) in [6.07, 6.45) is 4.66. The van der Waals surface area contributed by atoms with Crippen LogP contribution in [0.4, 0.5) is 0 Å². The van der Waals surface area contributed by atoms with Gasteiger partial charge in [-0.25, -0.2) is 0 Å². The van der Waals surface area contributed by atoms with E-state index in [1.54, 1.807) is 19.2 Å². The van der Waals surface area contributed by atoms with Crippen LogP contribution in [0.5, 0.6) is 11.5 Å². The molecule has 0 aliphatic carbocycles. The van der Waals surface area contributed by atoms with E-state index in [-0.39, 0.29) is 11.5 Å². The lowest BCUT2D eigenvalue weighted by atomic mass is 10.2. The van der Waals surface area contributed by atoms with Gasteiger partial charge in [-0.3, -0.25) is 9.00 Å². The monoisotopic (exact) mass is 373 g/mol. The van der Waals surface area contributed by atoms with Gasteiger partial charge >= 0.3 is 0 Å². The molecule has 0 radical (unpaired) electrons. The predicted octanol–water partition coefficient (Wildman–Crippen LogP) is 3.00. The Hall–Kier alpha value is -2.34. The van der Waals surface area contributed by atoms with Crippen LogP contribution in [0.15, 0.2) is 35.1 Å². The van der Waals surface area contributed by atoms with E-state index in [1.165, 1.54) is 0 Å². The molecule has 5 nitrogen and oxygen atoms in total. The second kappa shape index (κ2) is 7.91. The molecular weight excluding hydrogens is 350 g/mol. The van der Waals surface area contributed by atoms with Crippen molar-refractivity contribution in [3.8, 4) is 11.5 Å². The van der Waals surface area contributed by atoms with Crippen molar-refractivity contribution < 1.29 is 13.7 Å². The Labute approximate surface area is 155 Å². The van der Waals surface area contributed by atoms with Crippen molar-refractivity contribution in [3.63, 3.8) is 0 Å². The van der Waals surface area contributed by atoms with Crippen LogP contribution in [-0.2, 0) is 10.8 Å². The highest BCUT2D eigenvalue weighted by atomic mass is 32.2. The summed E-state index contributed by atoms with van der Waals surface area (Å²) in [5.41, 5.74) is 2.73. The maximum atomic E-state index is 11.6. The summed E-state index contributed by atoms with van der Waals surface area (Å²) in [5.74, 6) is 2.58. The van der Waals surface area contributed by atoms with Gasteiger partial charge in [-0.15, -0.1) is 0 Å². The molecule has 2 heterocycles. The van der Waals surface area contributed by atoms with E-state index in [2.05, 4.69) is 0 Å². The summed E-state index contributed by atoms with van der Waals surface area (Å²) >= 11 is 0. The first-order valence-electron chi connectivity index (χ1n) is 8.54. The minimum Gasteiger partial charge on any atom is -0.493 e. The summed E-state index contributed by atoms with van der Waals surface area (Å²) in [6, 6.07) is 8.96. The minimum atomic E-state index is -0.785. The van der Waals surface area contributed by atoms with Gasteiger partial charge in [0.05, 0.1) is 12.9 Å². The molecule has 138 valence electrons. The highest BCUT2D eigenvalue weighted by molar-refractivity contribution is 7.85. The second-order valence-corrected chi connectivity index (χ2v) is 8.03. The van der Waals surface area contributed by atoms with Crippen LogP contribution in [0.3, 0.4) is 0 Å². The molecule has 1 aromatic carbocycles. The summed E-state index contributed by atoms with van der Waals surface area (Å²) in [7, 11) is 0.824. The predicted molar refractivity (Wildman–Crippen MR) is 105 cm³/mol. The Bertz CT molecular complexity index is 890. The number of nitrogens with zero attached hydrogens (tertiary/aromatic N) is 1. The van der Waals surface area contributed by atoms with Crippen molar-refractivity contribution in [2.75, 3.05) is 18.6 Å². The fourth-order valence-electron chi connectivity index (χ4n) is 3.06. The van der Waals surface area contributed by atoms with E-state index in [9.17, 15) is 9.00 Å². The van der Waals surface area contributed by atoms with E-state index in [1.807, 2.05) is 48.9 Å². The van der Waals surface area contributed by atoms with Gasteiger partial charge in [0.1, 0.15) is 6.10 Å². The number of hydrogen-bond donors (Lipinski definition) is 0. The number of methoxy groups -OCH3 is 1. The quantitative estimate of drug-likeness (QED) is 0.808. The lowest BCUT2D eigenvalue weighted by Crippen LogP contribution is -2.16. The number of aromatic nitrogens is 1. The molecule has 6 heteroatoms. The first-order chi connectivity index (χ1) is 12.5. The fraction of sp³-hybridized carbons (Fsp3) is 0.350. The zero-order chi connectivity index (χ0) is 18.7. The molecule has 2 atom stereocenters. The molecule has 1 saturated heterocycles. The van der Waals surface area contributed by atoms with Gasteiger partial charge in [-0.05, 0) is 44.0 Å². The summed E-state index contributed by atoms with van der Waals surface area (Å²) in [4.78, 5) is 11.6. The van der Waals surface area contributed by atoms with Gasteiger partial charge in [0, 0.05) is 46.3 Å². The van der Waals surface area contributed by atoms with Crippen molar-refractivity contribution >= 4 is 23.1 Å². The summed E-state index contributed by atoms with van der Waals surface area (Å²) < 4.78 is 25.0. The van der Waals surface area contributed by atoms with Gasteiger partial charge in [-0.2, -0.15) is 0 Å². The molecule has 26 heavy (non-hydrogen) atoms. The molecule has 0 amide bonds. The molecule has 2 aromatic rings. The van der Waals surface area contributed by atoms with E-state index in [4.69, 9.17) is 9.47 Å². The van der Waals surface area contributed by atoms with Crippen LogP contribution in [0, 0.1) is 13.8 Å². The Balaban J connectivity index is 1.85. The van der Waals surface area contributed by atoms with Gasteiger partial charge < -0.3 is 14.0 Å². The lowest BCUT2D eigenvalue weighted by molar-refractivity contribution is 0.218. The SMILES string of the molecule is COc1ccc(/C=C/n2c(C)cc(=O)cc2C)cc1O[C@@H]1CC[S@@](=O)C1. The molecular formula is C20H23NO4S. The van der Waals surface area contributed by atoms with Crippen LogP contribution >= 0.6 is 0 Å². The third-order valence-electron chi connectivity index (χ3n) is 4.40. The molecule has 0 spiro atoms. The maximum Gasteiger partial charge on any atom is 0.182 e. The first kappa shape index (κ1) is 18.5. The molecule has 1 aliphatic rings. The first-order valence-corrected chi connectivity index (χ1v) is 10.0. The standard InChI is InChI=1S/C20H23NO4S/c1-14-10-17(22)11-15(2)21(14)8-6-16-4-5-19(24-3)20(12-16)25-18-7-9-26(23)13-18/h4-6,8,10-12,18H,7,9,13H2,1-3H3/b8-6+/t18-,26-/m1/s1. The molecule has 0 saturated carbocycles. The van der Waals surface area contributed by atoms with Crippen LogP contribution in [0.1, 0.15) is 23.4 Å². The normalized spacial score (nSPS) is 19.8. The van der Waals surface area contributed by atoms with Crippen LogP contribution < -0.4 is 14.9 Å². The average molecular weight is 373 g/mol. The largest absolute Gasteiger partial charge is 0.493 e. The van der Waals surface area contributed by atoms with Crippen LogP contribution in [0.2, 0.25) is 0 Å². The highest BCUT2D eigenvalue weighted by Gasteiger charge is 2.23. The molecule has 1 fully saturated rings. The zero-order valence-corrected chi connectivity index (χ0v) is 16.0. The van der Waals surface area contributed by atoms with Gasteiger partial charge in [0.15, 0.2) is 16.9 Å². The molecule has 0 unspecified atom stereocenters. The van der Waals surface area contributed by atoms with E-state index in [0.29, 0.717) is 23.0 Å². The smallest absolute Gasteiger partial charge is 0.182 e. The van der Waals surface area contributed by atoms with E-state index >= 15 is 0 Å². The molecule has 1 aliphatic heterocycles. The van der Waals surface area contributed by atoms with E-state index < -0.39 is 10.8 Å². The number of ether oxygens (including phenoxy) is 2. The minimum absolute atomic E-state index is 0.0127. The van der Waals surface area contributed by atoms with Crippen molar-refractivity contribution in [3.05, 3.63) is 57.5 Å². The zero-order valence-electron chi connectivity index (χ0n) is 15.2. The third kappa shape index (κ3) is 4.25. The molecule has 0 bridgehead atoms. The number of benzene rings is 1. The van der Waals surface area contributed by atoms with Gasteiger partial charge in [-0.1, -0.05) is 6.07 Å². The van der Waals surface area contributed by atoms with E-state index in [0.717, 1.165) is 23.4 Å². The Morgan fingerprint density at radius 2 is 1.88 bits per heavy atom. The van der Waals surface area contributed by atoms with Crippen molar-refractivity contribution in [1.29, 1.82) is 0 Å². The van der Waals surface area contributed by atoms with Crippen molar-refractivity contribution in [2.45, 2.75) is 26.4 Å². The van der Waals surface area contributed by atoms with Gasteiger partial charge in [0.2, 0.25) is 0 Å². The number of rotatable bonds is 5. The fourth-order valence-corrected chi connectivity index (χ4v) is 4.41. The molecule has 0 N–H and O–H groups in total. The van der Waals surface area contributed by atoms with Crippen LogP contribution in [0.25, 0.3) is 12.3 Å². The topological polar surface area (TPSA) is 57.5 Å². The summed E-state index contributed by atoms with van der Waals surface area (Å²) in [6.45, 7) is 3.81. The van der Waals surface area contributed by atoms with Crippen LogP contribution in [-0.4, -0.2) is 33.5 Å². The number of hydrogen-bond acceptors (Lipinski definition) is 4. The highest BCUT2D eigenvalue weighted by Crippen LogP contribution is 2.31. The Morgan fingerprint density at radius 1 is 1.15 bits per heavy atom. The maximum absolute atomic E-state index is 11.6. The second-order valence-electron chi connectivity index (χ2n) is 6.41. The number of aryl methyl sites for hydroxylation is 2. The van der Waals surface area contributed by atoms with Crippen molar-refractivity contribution in [2.24, 2.45) is 0 Å². The lowest BCUT2D eigenvalue weighted by Gasteiger charge is -2.16. The number of pyridine rings is 1.